The van der Waals surface area contributed by atoms with E-state index in [-0.39, 0.29) is 11.8 Å². The quantitative estimate of drug-likeness (QED) is 0.798. The summed E-state index contributed by atoms with van der Waals surface area (Å²) in [5.74, 6) is -0.112. The van der Waals surface area contributed by atoms with Crippen molar-refractivity contribution in [3.8, 4) is 0 Å². The van der Waals surface area contributed by atoms with Crippen molar-refractivity contribution in [1.82, 2.24) is 4.98 Å². The van der Waals surface area contributed by atoms with Gasteiger partial charge < -0.3 is 5.73 Å². The Morgan fingerprint density at radius 2 is 2.20 bits per heavy atom. The average Bonchev–Trinajstić information content (AvgIpc) is 2.61. The van der Waals surface area contributed by atoms with Gasteiger partial charge in [-0.25, -0.2) is 0 Å². The molecule has 0 aromatic carbocycles. The van der Waals surface area contributed by atoms with Gasteiger partial charge in [0, 0.05) is 5.69 Å². The third kappa shape index (κ3) is 1.74. The Hall–Kier alpha value is -1.38. The lowest BCUT2D eigenvalue weighted by molar-refractivity contribution is 0.0998. The standard InChI is InChI=1S/C12H16N2O/c1-7(2)11-9(12(13)15)6-8-4-3-5-10(8)14-11/h6-7H,3-5H2,1-2H3,(H2,13,15). The summed E-state index contributed by atoms with van der Waals surface area (Å²) in [4.78, 5) is 15.9. The minimum atomic E-state index is -0.360. The summed E-state index contributed by atoms with van der Waals surface area (Å²) >= 11 is 0. The first-order valence-electron chi connectivity index (χ1n) is 5.42. The molecule has 0 spiro atoms. The molecule has 3 nitrogen and oxygen atoms in total. The Balaban J connectivity index is 2.57. The number of hydrogen-bond acceptors (Lipinski definition) is 2. The van der Waals surface area contributed by atoms with Crippen LogP contribution in [0.1, 0.15) is 53.5 Å². The molecule has 2 rings (SSSR count). The predicted molar refractivity (Wildman–Crippen MR) is 58.9 cm³/mol. The molecule has 0 saturated carbocycles. The monoisotopic (exact) mass is 204 g/mol. The number of primary amides is 1. The van der Waals surface area contributed by atoms with Gasteiger partial charge in [-0.1, -0.05) is 13.8 Å². The van der Waals surface area contributed by atoms with E-state index in [0.29, 0.717) is 5.56 Å². The van der Waals surface area contributed by atoms with Crippen molar-refractivity contribution in [3.05, 3.63) is 28.6 Å². The van der Waals surface area contributed by atoms with Crippen molar-refractivity contribution in [2.75, 3.05) is 0 Å². The molecule has 1 heterocycles. The maximum atomic E-state index is 11.3. The molecule has 1 aliphatic rings. The van der Waals surface area contributed by atoms with Crippen molar-refractivity contribution < 1.29 is 4.79 Å². The maximum Gasteiger partial charge on any atom is 0.250 e. The van der Waals surface area contributed by atoms with E-state index < -0.39 is 0 Å². The first kappa shape index (κ1) is 10.1. The van der Waals surface area contributed by atoms with E-state index >= 15 is 0 Å². The van der Waals surface area contributed by atoms with E-state index in [9.17, 15) is 4.79 Å². The molecule has 0 radical (unpaired) electrons. The van der Waals surface area contributed by atoms with Crippen LogP contribution in [0.4, 0.5) is 0 Å². The van der Waals surface area contributed by atoms with E-state index in [4.69, 9.17) is 5.73 Å². The van der Waals surface area contributed by atoms with Crippen LogP contribution in [0.15, 0.2) is 6.07 Å². The molecule has 0 atom stereocenters. The molecule has 0 fully saturated rings. The summed E-state index contributed by atoms with van der Waals surface area (Å²) in [5.41, 5.74) is 9.18. The predicted octanol–water partition coefficient (Wildman–Crippen LogP) is 1.79. The fourth-order valence-corrected chi connectivity index (χ4v) is 2.13. The topological polar surface area (TPSA) is 56.0 Å². The summed E-state index contributed by atoms with van der Waals surface area (Å²) in [6.45, 7) is 4.08. The van der Waals surface area contributed by atoms with Gasteiger partial charge in [0.25, 0.3) is 5.91 Å². The summed E-state index contributed by atoms with van der Waals surface area (Å²) < 4.78 is 0. The lowest BCUT2D eigenvalue weighted by Gasteiger charge is -2.11. The Kier molecular flexibility index (Phi) is 2.47. The zero-order chi connectivity index (χ0) is 11.0. The molecule has 0 saturated heterocycles. The first-order chi connectivity index (χ1) is 7.09. The number of fused-ring (bicyclic) bond motifs is 1. The van der Waals surface area contributed by atoms with E-state index in [1.807, 2.05) is 19.9 Å². The summed E-state index contributed by atoms with van der Waals surface area (Å²) in [6.07, 6.45) is 3.21. The van der Waals surface area contributed by atoms with Crippen molar-refractivity contribution in [2.24, 2.45) is 5.73 Å². The molecule has 1 amide bonds. The summed E-state index contributed by atoms with van der Waals surface area (Å²) in [5, 5.41) is 0. The number of carbonyl (C=O) groups is 1. The third-order valence-electron chi connectivity index (χ3n) is 2.89. The van der Waals surface area contributed by atoms with Gasteiger partial charge >= 0.3 is 0 Å². The number of hydrogen-bond donors (Lipinski definition) is 1. The zero-order valence-electron chi connectivity index (χ0n) is 9.21. The number of pyridine rings is 1. The molecular formula is C12H16N2O. The smallest absolute Gasteiger partial charge is 0.250 e. The summed E-state index contributed by atoms with van der Waals surface area (Å²) in [7, 11) is 0. The second-order valence-electron chi connectivity index (χ2n) is 4.40. The van der Waals surface area contributed by atoms with Gasteiger partial charge in [0.15, 0.2) is 0 Å². The van der Waals surface area contributed by atoms with Crippen LogP contribution in [0, 0.1) is 0 Å². The van der Waals surface area contributed by atoms with Crippen molar-refractivity contribution >= 4 is 5.91 Å². The number of amides is 1. The molecular weight excluding hydrogens is 188 g/mol. The van der Waals surface area contributed by atoms with Gasteiger partial charge in [0.2, 0.25) is 0 Å². The average molecular weight is 204 g/mol. The van der Waals surface area contributed by atoms with E-state index in [1.165, 1.54) is 5.56 Å². The number of nitrogens with zero attached hydrogens (tertiary/aromatic N) is 1. The molecule has 0 bridgehead atoms. The minimum absolute atomic E-state index is 0.249. The van der Waals surface area contributed by atoms with Crippen molar-refractivity contribution in [1.29, 1.82) is 0 Å². The zero-order valence-corrected chi connectivity index (χ0v) is 9.21. The molecule has 15 heavy (non-hydrogen) atoms. The Morgan fingerprint density at radius 3 is 2.80 bits per heavy atom. The highest BCUT2D eigenvalue weighted by Crippen LogP contribution is 2.26. The molecule has 2 N–H and O–H groups in total. The molecule has 1 aromatic rings. The number of aromatic nitrogens is 1. The van der Waals surface area contributed by atoms with Crippen LogP contribution in [0.3, 0.4) is 0 Å². The fourth-order valence-electron chi connectivity index (χ4n) is 2.13. The lowest BCUT2D eigenvalue weighted by atomic mass is 10.0. The Labute approximate surface area is 89.7 Å². The van der Waals surface area contributed by atoms with Gasteiger partial charge in [0.1, 0.15) is 0 Å². The van der Waals surface area contributed by atoms with Crippen LogP contribution in [-0.2, 0) is 12.8 Å². The van der Waals surface area contributed by atoms with Crippen LogP contribution in [0.5, 0.6) is 0 Å². The van der Waals surface area contributed by atoms with Gasteiger partial charge in [-0.15, -0.1) is 0 Å². The number of nitrogens with two attached hydrogens (primary N) is 1. The van der Waals surface area contributed by atoms with Gasteiger partial charge in [-0.3, -0.25) is 9.78 Å². The molecule has 80 valence electrons. The lowest BCUT2D eigenvalue weighted by Crippen LogP contribution is -2.16. The largest absolute Gasteiger partial charge is 0.366 e. The number of carbonyl (C=O) groups excluding carboxylic acids is 1. The van der Waals surface area contributed by atoms with Gasteiger partial charge in [-0.2, -0.15) is 0 Å². The molecule has 1 aliphatic carbocycles. The Morgan fingerprint density at radius 1 is 1.47 bits per heavy atom. The highest BCUT2D eigenvalue weighted by atomic mass is 16.1. The SMILES string of the molecule is CC(C)c1nc2c(cc1C(N)=O)CCC2. The van der Waals surface area contributed by atoms with Crippen LogP contribution >= 0.6 is 0 Å². The molecule has 1 aromatic heterocycles. The summed E-state index contributed by atoms with van der Waals surface area (Å²) in [6, 6.07) is 1.94. The minimum Gasteiger partial charge on any atom is -0.366 e. The third-order valence-corrected chi connectivity index (χ3v) is 2.89. The normalized spacial score (nSPS) is 14.3. The number of rotatable bonds is 2. The highest BCUT2D eigenvalue weighted by Gasteiger charge is 2.20. The highest BCUT2D eigenvalue weighted by molar-refractivity contribution is 5.94. The first-order valence-corrected chi connectivity index (χ1v) is 5.42. The second kappa shape index (κ2) is 3.65. The van der Waals surface area contributed by atoms with Crippen LogP contribution < -0.4 is 5.73 Å². The number of aryl methyl sites for hydroxylation is 2. The van der Waals surface area contributed by atoms with E-state index in [2.05, 4.69) is 4.98 Å². The van der Waals surface area contributed by atoms with E-state index in [1.54, 1.807) is 0 Å². The maximum absolute atomic E-state index is 11.3. The van der Waals surface area contributed by atoms with Crippen molar-refractivity contribution in [3.63, 3.8) is 0 Å². The van der Waals surface area contributed by atoms with Crippen LogP contribution in [0.2, 0.25) is 0 Å². The van der Waals surface area contributed by atoms with Gasteiger partial charge in [0.05, 0.1) is 11.3 Å². The second-order valence-corrected chi connectivity index (χ2v) is 4.40. The van der Waals surface area contributed by atoms with Crippen molar-refractivity contribution in [2.45, 2.75) is 39.0 Å². The van der Waals surface area contributed by atoms with E-state index in [0.717, 1.165) is 30.7 Å². The molecule has 0 aliphatic heterocycles. The van der Waals surface area contributed by atoms with Crippen LogP contribution in [0.25, 0.3) is 0 Å². The van der Waals surface area contributed by atoms with Gasteiger partial charge in [-0.05, 0) is 36.8 Å². The fraction of sp³-hybridized carbons (Fsp3) is 0.500. The molecule has 0 unspecified atom stereocenters. The van der Waals surface area contributed by atoms with Crippen LogP contribution in [-0.4, -0.2) is 10.9 Å². The Bertz CT molecular complexity index is 410. The molecule has 3 heteroatoms.